The van der Waals surface area contributed by atoms with Crippen molar-refractivity contribution in [3.8, 4) is 10.6 Å². The lowest BCUT2D eigenvalue weighted by atomic mass is 10.1. The molecule has 0 spiro atoms. The number of nitrogen functional groups attached to an aromatic ring is 1. The molecule has 1 aliphatic heterocycles. The quantitative estimate of drug-likeness (QED) is 0.766. The van der Waals surface area contributed by atoms with Crippen LogP contribution in [0.3, 0.4) is 0 Å². The highest BCUT2D eigenvalue weighted by atomic mass is 35.5. The van der Waals surface area contributed by atoms with Crippen molar-refractivity contribution in [1.82, 2.24) is 4.98 Å². The third-order valence-electron chi connectivity index (χ3n) is 3.34. The Bertz CT molecular complexity index is 560. The Kier molecular flexibility index (Phi) is 6.11. The molecule has 1 aromatic carbocycles. The van der Waals surface area contributed by atoms with E-state index in [4.69, 9.17) is 10.7 Å². The number of nitrogens with one attached hydrogen (secondary N) is 1. The van der Waals surface area contributed by atoms with Crippen LogP contribution in [0.15, 0.2) is 18.2 Å². The van der Waals surface area contributed by atoms with Crippen LogP contribution >= 0.6 is 36.2 Å². The molecule has 3 nitrogen and oxygen atoms in total. The van der Waals surface area contributed by atoms with Gasteiger partial charge in [0.15, 0.2) is 0 Å². The molecule has 0 fully saturated rings. The van der Waals surface area contributed by atoms with Crippen molar-refractivity contribution < 1.29 is 0 Å². The Morgan fingerprint density at radius 3 is 2.80 bits per heavy atom. The van der Waals surface area contributed by atoms with E-state index >= 15 is 0 Å². The molecule has 0 saturated heterocycles. The minimum atomic E-state index is 0. The average molecular weight is 332 g/mol. The molecule has 0 atom stereocenters. The highest BCUT2D eigenvalue weighted by Gasteiger charge is 2.14. The van der Waals surface area contributed by atoms with Gasteiger partial charge in [-0.05, 0) is 49.9 Å². The fourth-order valence-electron chi connectivity index (χ4n) is 2.21. The third kappa shape index (κ3) is 3.37. The standard InChI is InChI=1S/C14H17N3S.2ClH/c1-9-8-10(5-6-11(9)15)13-17-12-4-2-3-7-16-14(12)18-13;;/h5-6,8,16H,2-4,7,15H2,1H3;2*1H. The van der Waals surface area contributed by atoms with E-state index in [1.165, 1.54) is 29.1 Å². The summed E-state index contributed by atoms with van der Waals surface area (Å²) in [6.07, 6.45) is 3.55. The Labute approximate surface area is 135 Å². The van der Waals surface area contributed by atoms with Crippen LogP contribution in [0.1, 0.15) is 24.1 Å². The van der Waals surface area contributed by atoms with Crippen LogP contribution in [0.2, 0.25) is 0 Å². The first kappa shape index (κ1) is 17.1. The molecule has 0 bridgehead atoms. The van der Waals surface area contributed by atoms with Gasteiger partial charge in [0, 0.05) is 17.8 Å². The van der Waals surface area contributed by atoms with Crippen molar-refractivity contribution in [2.24, 2.45) is 0 Å². The van der Waals surface area contributed by atoms with E-state index in [9.17, 15) is 0 Å². The van der Waals surface area contributed by atoms with Crippen LogP contribution in [0.25, 0.3) is 10.6 Å². The summed E-state index contributed by atoms with van der Waals surface area (Å²) in [5.74, 6) is 0. The van der Waals surface area contributed by atoms with Crippen molar-refractivity contribution in [1.29, 1.82) is 0 Å². The first-order valence-electron chi connectivity index (χ1n) is 6.34. The number of fused-ring (bicyclic) bond motifs is 1. The Balaban J connectivity index is 0.000001000. The van der Waals surface area contributed by atoms with Crippen molar-refractivity contribution in [3.05, 3.63) is 29.5 Å². The summed E-state index contributed by atoms with van der Waals surface area (Å²) in [6.45, 7) is 3.10. The lowest BCUT2D eigenvalue weighted by Gasteiger charge is -2.02. The number of hydrogen-bond donors (Lipinski definition) is 2. The second-order valence-electron chi connectivity index (χ2n) is 4.75. The number of halogens is 2. The number of benzene rings is 1. The van der Waals surface area contributed by atoms with Crippen LogP contribution in [-0.2, 0) is 6.42 Å². The van der Waals surface area contributed by atoms with Gasteiger partial charge in [-0.3, -0.25) is 0 Å². The third-order valence-corrected chi connectivity index (χ3v) is 4.44. The molecule has 1 aliphatic rings. The van der Waals surface area contributed by atoms with E-state index in [0.717, 1.165) is 29.2 Å². The first-order valence-corrected chi connectivity index (χ1v) is 7.16. The number of nitrogens with zero attached hydrogens (tertiary/aromatic N) is 1. The fourth-order valence-corrected chi connectivity index (χ4v) is 3.24. The maximum atomic E-state index is 5.86. The van der Waals surface area contributed by atoms with Crippen LogP contribution in [-0.4, -0.2) is 11.5 Å². The van der Waals surface area contributed by atoms with Gasteiger partial charge in [0.05, 0.1) is 5.69 Å². The molecular formula is C14H19Cl2N3S. The predicted octanol–water partition coefficient (Wildman–Crippen LogP) is 4.29. The number of hydrogen-bond acceptors (Lipinski definition) is 4. The molecule has 1 aromatic heterocycles. The number of nitrogens with two attached hydrogens (primary N) is 1. The molecule has 20 heavy (non-hydrogen) atoms. The Hall–Kier alpha value is -0.970. The van der Waals surface area contributed by atoms with Gasteiger partial charge in [0.1, 0.15) is 10.0 Å². The first-order chi connectivity index (χ1) is 8.74. The number of anilines is 2. The van der Waals surface area contributed by atoms with Crippen LogP contribution in [0.4, 0.5) is 10.7 Å². The van der Waals surface area contributed by atoms with Gasteiger partial charge in [-0.15, -0.1) is 24.8 Å². The molecule has 3 rings (SSSR count). The second-order valence-corrected chi connectivity index (χ2v) is 5.75. The zero-order valence-corrected chi connectivity index (χ0v) is 13.8. The van der Waals surface area contributed by atoms with Crippen molar-refractivity contribution in [3.63, 3.8) is 0 Å². The van der Waals surface area contributed by atoms with Gasteiger partial charge >= 0.3 is 0 Å². The summed E-state index contributed by atoms with van der Waals surface area (Å²) in [4.78, 5) is 4.77. The molecule has 0 amide bonds. The predicted molar refractivity (Wildman–Crippen MR) is 92.6 cm³/mol. The maximum absolute atomic E-state index is 5.86. The zero-order valence-electron chi connectivity index (χ0n) is 11.3. The number of aromatic nitrogens is 1. The second kappa shape index (κ2) is 7.16. The molecule has 110 valence electrons. The molecule has 0 aliphatic carbocycles. The largest absolute Gasteiger partial charge is 0.399 e. The summed E-state index contributed by atoms with van der Waals surface area (Å²) in [7, 11) is 0. The minimum absolute atomic E-state index is 0. The molecule has 2 heterocycles. The lowest BCUT2D eigenvalue weighted by molar-refractivity contribution is 0.775. The zero-order chi connectivity index (χ0) is 12.5. The van der Waals surface area contributed by atoms with Crippen molar-refractivity contribution in [2.75, 3.05) is 17.6 Å². The topological polar surface area (TPSA) is 50.9 Å². The molecule has 0 saturated carbocycles. The van der Waals surface area contributed by atoms with Crippen molar-refractivity contribution in [2.45, 2.75) is 26.2 Å². The van der Waals surface area contributed by atoms with E-state index in [0.29, 0.717) is 0 Å². The highest BCUT2D eigenvalue weighted by molar-refractivity contribution is 7.19. The Morgan fingerprint density at radius 1 is 1.25 bits per heavy atom. The van der Waals surface area contributed by atoms with E-state index < -0.39 is 0 Å². The van der Waals surface area contributed by atoms with Gasteiger partial charge in [-0.2, -0.15) is 0 Å². The normalized spacial score (nSPS) is 13.2. The molecule has 3 N–H and O–H groups in total. The summed E-state index contributed by atoms with van der Waals surface area (Å²) >= 11 is 1.75. The summed E-state index contributed by atoms with van der Waals surface area (Å²) in [6, 6.07) is 6.14. The average Bonchev–Trinajstić information content (AvgIpc) is 2.64. The lowest BCUT2D eigenvalue weighted by Crippen LogP contribution is -1.96. The maximum Gasteiger partial charge on any atom is 0.125 e. The molecule has 6 heteroatoms. The summed E-state index contributed by atoms with van der Waals surface area (Å²) in [5.41, 5.74) is 10.2. The smallest absolute Gasteiger partial charge is 0.125 e. The van der Waals surface area contributed by atoms with E-state index in [1.807, 2.05) is 13.0 Å². The molecule has 2 aromatic rings. The monoisotopic (exact) mass is 331 g/mol. The minimum Gasteiger partial charge on any atom is -0.399 e. The number of aryl methyl sites for hydroxylation is 2. The summed E-state index contributed by atoms with van der Waals surface area (Å²) < 4.78 is 0. The SMILES string of the molecule is Cc1cc(-c2nc3c(s2)NCCCC3)ccc1N.Cl.Cl. The van der Waals surface area contributed by atoms with Gasteiger partial charge in [-0.25, -0.2) is 4.98 Å². The van der Waals surface area contributed by atoms with Gasteiger partial charge in [0.2, 0.25) is 0 Å². The van der Waals surface area contributed by atoms with Gasteiger partial charge in [0.25, 0.3) is 0 Å². The van der Waals surface area contributed by atoms with Gasteiger partial charge in [-0.1, -0.05) is 11.3 Å². The van der Waals surface area contributed by atoms with Crippen molar-refractivity contribution >= 4 is 46.8 Å². The van der Waals surface area contributed by atoms with Crippen LogP contribution in [0.5, 0.6) is 0 Å². The van der Waals surface area contributed by atoms with E-state index in [-0.39, 0.29) is 24.8 Å². The highest BCUT2D eigenvalue weighted by Crippen LogP contribution is 2.35. The fraction of sp³-hybridized carbons (Fsp3) is 0.357. The molecular weight excluding hydrogens is 313 g/mol. The molecule has 0 unspecified atom stereocenters. The number of thiazole rings is 1. The molecule has 0 radical (unpaired) electrons. The Morgan fingerprint density at radius 2 is 2.05 bits per heavy atom. The van der Waals surface area contributed by atoms with Gasteiger partial charge < -0.3 is 11.1 Å². The van der Waals surface area contributed by atoms with E-state index in [2.05, 4.69) is 17.4 Å². The summed E-state index contributed by atoms with van der Waals surface area (Å²) in [5, 5.41) is 5.81. The van der Waals surface area contributed by atoms with Crippen LogP contribution < -0.4 is 11.1 Å². The van der Waals surface area contributed by atoms with E-state index in [1.54, 1.807) is 11.3 Å². The van der Waals surface area contributed by atoms with Crippen LogP contribution in [0, 0.1) is 6.92 Å². The number of rotatable bonds is 1.